The first-order valence-corrected chi connectivity index (χ1v) is 11.8. The number of amides is 2. The van der Waals surface area contributed by atoms with Gasteiger partial charge in [0.15, 0.2) is 0 Å². The van der Waals surface area contributed by atoms with Gasteiger partial charge in [-0.2, -0.15) is 0 Å². The summed E-state index contributed by atoms with van der Waals surface area (Å²) in [6, 6.07) is 21.2. The highest BCUT2D eigenvalue weighted by Crippen LogP contribution is 2.31. The van der Waals surface area contributed by atoms with Crippen LogP contribution in [0.3, 0.4) is 0 Å². The summed E-state index contributed by atoms with van der Waals surface area (Å²) in [7, 11) is 1.48. The van der Waals surface area contributed by atoms with Crippen molar-refractivity contribution in [3.05, 3.63) is 100 Å². The van der Waals surface area contributed by atoms with Gasteiger partial charge in [0.2, 0.25) is 0 Å². The smallest absolute Gasteiger partial charge is 0.255 e. The molecule has 2 aliphatic rings. The molecule has 0 radical (unpaired) electrons. The summed E-state index contributed by atoms with van der Waals surface area (Å²) in [4.78, 5) is 27.8. The Bertz CT molecular complexity index is 1250. The number of fused-ring (bicyclic) bond motifs is 2. The van der Waals surface area contributed by atoms with E-state index < -0.39 is 6.10 Å². The van der Waals surface area contributed by atoms with Crippen LogP contribution in [-0.2, 0) is 26.1 Å². The quantitative estimate of drug-likeness (QED) is 0.457. The summed E-state index contributed by atoms with van der Waals surface area (Å²) >= 11 is 0. The zero-order valence-corrected chi connectivity index (χ0v) is 20.9. The summed E-state index contributed by atoms with van der Waals surface area (Å²) < 4.78 is 5.45. The van der Waals surface area contributed by atoms with Gasteiger partial charge in [-0.05, 0) is 40.8 Å². The van der Waals surface area contributed by atoms with Crippen molar-refractivity contribution < 1.29 is 19.4 Å². The number of ether oxygens (including phenoxy) is 1. The minimum absolute atomic E-state index is 0. The van der Waals surface area contributed by atoms with E-state index in [2.05, 4.69) is 22.8 Å². The van der Waals surface area contributed by atoms with Crippen molar-refractivity contribution >= 4 is 24.2 Å². The van der Waals surface area contributed by atoms with E-state index in [1.807, 2.05) is 42.5 Å². The molecule has 2 aliphatic heterocycles. The molecule has 3 aromatic carbocycles. The first-order valence-electron chi connectivity index (χ1n) is 11.8. The third-order valence-corrected chi connectivity index (χ3v) is 6.81. The standard InChI is InChI=1S/C28H29N3O4.ClH/c1-35-26-13-22-21(17-31(28(22)34)16-18-7-3-2-4-8-18)11-23(26)27(33)30-15-25(32)24-12-19-9-5-6-10-20(19)14-29-24;/h2-11,13,24-25,29,32H,12,14-17H2,1H3,(H,30,33);1H/t24-,25+;/m0./s1. The molecule has 0 spiro atoms. The second kappa shape index (κ2) is 11.1. The van der Waals surface area contributed by atoms with Crippen LogP contribution in [0.2, 0.25) is 0 Å². The van der Waals surface area contributed by atoms with Crippen molar-refractivity contribution in [3.8, 4) is 5.75 Å². The van der Waals surface area contributed by atoms with Crippen molar-refractivity contribution in [2.24, 2.45) is 0 Å². The Morgan fingerprint density at radius 1 is 1.11 bits per heavy atom. The summed E-state index contributed by atoms with van der Waals surface area (Å²) in [5, 5.41) is 16.9. The Kier molecular flexibility index (Phi) is 7.94. The van der Waals surface area contributed by atoms with Crippen LogP contribution in [-0.4, -0.2) is 47.6 Å². The maximum Gasteiger partial charge on any atom is 0.255 e. The average molecular weight is 508 g/mol. The fourth-order valence-corrected chi connectivity index (χ4v) is 4.87. The van der Waals surface area contributed by atoms with Gasteiger partial charge >= 0.3 is 0 Å². The first-order chi connectivity index (χ1) is 17.0. The normalized spacial score (nSPS) is 17.0. The summed E-state index contributed by atoms with van der Waals surface area (Å²) in [6.45, 7) is 1.74. The Balaban J connectivity index is 0.00000304. The van der Waals surface area contributed by atoms with Crippen LogP contribution < -0.4 is 15.4 Å². The van der Waals surface area contributed by atoms with Crippen LogP contribution in [0.5, 0.6) is 5.75 Å². The monoisotopic (exact) mass is 507 g/mol. The van der Waals surface area contributed by atoms with Crippen LogP contribution in [0.25, 0.3) is 0 Å². The molecule has 3 N–H and O–H groups in total. The lowest BCUT2D eigenvalue weighted by Crippen LogP contribution is -2.49. The van der Waals surface area contributed by atoms with Gasteiger partial charge in [-0.1, -0.05) is 54.6 Å². The van der Waals surface area contributed by atoms with Crippen LogP contribution in [0.1, 0.15) is 43.0 Å². The lowest BCUT2D eigenvalue weighted by atomic mass is 9.93. The maximum absolute atomic E-state index is 13.0. The fourth-order valence-electron chi connectivity index (χ4n) is 4.87. The number of benzene rings is 3. The number of hydrogen-bond donors (Lipinski definition) is 3. The van der Waals surface area contributed by atoms with Crippen molar-refractivity contribution in [3.63, 3.8) is 0 Å². The molecule has 2 heterocycles. The van der Waals surface area contributed by atoms with Gasteiger partial charge in [-0.15, -0.1) is 12.4 Å². The number of carbonyl (C=O) groups excluding carboxylic acids is 2. The summed E-state index contributed by atoms with van der Waals surface area (Å²) in [5.41, 5.74) is 5.20. The molecule has 188 valence electrons. The number of aliphatic hydroxyl groups is 1. The molecule has 0 bridgehead atoms. The van der Waals surface area contributed by atoms with Crippen molar-refractivity contribution in [2.75, 3.05) is 13.7 Å². The minimum atomic E-state index is -0.740. The molecular weight excluding hydrogens is 478 g/mol. The van der Waals surface area contributed by atoms with Crippen LogP contribution >= 0.6 is 12.4 Å². The lowest BCUT2D eigenvalue weighted by molar-refractivity contribution is 0.0766. The van der Waals surface area contributed by atoms with Crippen LogP contribution in [0, 0.1) is 0 Å². The van der Waals surface area contributed by atoms with E-state index in [0.29, 0.717) is 42.9 Å². The average Bonchev–Trinajstić information content (AvgIpc) is 3.20. The largest absolute Gasteiger partial charge is 0.496 e. The van der Waals surface area contributed by atoms with E-state index in [1.165, 1.54) is 18.2 Å². The molecule has 8 heteroatoms. The lowest BCUT2D eigenvalue weighted by Gasteiger charge is -2.30. The van der Waals surface area contributed by atoms with Gasteiger partial charge in [-0.3, -0.25) is 9.59 Å². The molecule has 7 nitrogen and oxygen atoms in total. The topological polar surface area (TPSA) is 90.9 Å². The molecule has 3 aromatic rings. The number of nitrogens with one attached hydrogen (secondary N) is 2. The molecular formula is C28H30ClN3O4. The predicted octanol–water partition coefficient (Wildman–Crippen LogP) is 3.08. The Hall–Kier alpha value is -3.39. The van der Waals surface area contributed by atoms with Gasteiger partial charge in [-0.25, -0.2) is 0 Å². The highest BCUT2D eigenvalue weighted by molar-refractivity contribution is 6.03. The van der Waals surface area contributed by atoms with Crippen molar-refractivity contribution in [1.29, 1.82) is 0 Å². The van der Waals surface area contributed by atoms with Crippen LogP contribution in [0.4, 0.5) is 0 Å². The third-order valence-electron chi connectivity index (χ3n) is 6.81. The van der Waals surface area contributed by atoms with Crippen molar-refractivity contribution in [1.82, 2.24) is 15.5 Å². The molecule has 0 aromatic heterocycles. The Morgan fingerprint density at radius 2 is 1.83 bits per heavy atom. The zero-order chi connectivity index (χ0) is 24.4. The van der Waals surface area contributed by atoms with Crippen molar-refractivity contribution in [2.45, 2.75) is 38.2 Å². The molecule has 0 aliphatic carbocycles. The highest BCUT2D eigenvalue weighted by Gasteiger charge is 2.31. The zero-order valence-electron chi connectivity index (χ0n) is 20.1. The molecule has 0 unspecified atom stereocenters. The number of methoxy groups -OCH3 is 1. The second-order valence-corrected chi connectivity index (χ2v) is 9.09. The number of nitrogens with zero attached hydrogens (tertiary/aromatic N) is 1. The van der Waals surface area contributed by atoms with E-state index in [0.717, 1.165) is 11.1 Å². The predicted molar refractivity (Wildman–Crippen MR) is 139 cm³/mol. The van der Waals surface area contributed by atoms with Gasteiger partial charge in [0, 0.05) is 37.8 Å². The second-order valence-electron chi connectivity index (χ2n) is 9.09. The molecule has 0 saturated heterocycles. The molecule has 0 saturated carbocycles. The van der Waals surface area contributed by atoms with Gasteiger partial charge in [0.05, 0.1) is 18.8 Å². The fraction of sp³-hybridized carbons (Fsp3) is 0.286. The Labute approximate surface area is 216 Å². The third kappa shape index (κ3) is 5.23. The maximum atomic E-state index is 13.0. The summed E-state index contributed by atoms with van der Waals surface area (Å²) in [6.07, 6.45) is -0.0370. The molecule has 2 amide bonds. The summed E-state index contributed by atoms with van der Waals surface area (Å²) in [5.74, 6) is -0.0718. The molecule has 5 rings (SSSR count). The minimum Gasteiger partial charge on any atom is -0.496 e. The van der Waals surface area contributed by atoms with E-state index in [4.69, 9.17) is 4.74 Å². The number of halogens is 1. The Morgan fingerprint density at radius 3 is 2.58 bits per heavy atom. The number of hydrogen-bond acceptors (Lipinski definition) is 5. The first kappa shape index (κ1) is 25.7. The number of carbonyl (C=O) groups is 2. The van der Waals surface area contributed by atoms with E-state index in [-0.39, 0.29) is 36.8 Å². The highest BCUT2D eigenvalue weighted by atomic mass is 35.5. The van der Waals surface area contributed by atoms with E-state index >= 15 is 0 Å². The molecule has 36 heavy (non-hydrogen) atoms. The van der Waals surface area contributed by atoms with E-state index in [1.54, 1.807) is 17.0 Å². The van der Waals surface area contributed by atoms with Gasteiger partial charge in [0.1, 0.15) is 5.75 Å². The van der Waals surface area contributed by atoms with Gasteiger partial charge < -0.3 is 25.4 Å². The number of rotatable bonds is 7. The molecule has 0 fully saturated rings. The van der Waals surface area contributed by atoms with Crippen LogP contribution in [0.15, 0.2) is 66.7 Å². The van der Waals surface area contributed by atoms with Gasteiger partial charge in [0.25, 0.3) is 11.8 Å². The number of aliphatic hydroxyl groups excluding tert-OH is 1. The molecule has 2 atom stereocenters. The van der Waals surface area contributed by atoms with E-state index in [9.17, 15) is 14.7 Å². The SMILES string of the molecule is COc1cc2c(cc1C(=O)NC[C@@H](O)[C@@H]1Cc3ccccc3CN1)CN(Cc1ccccc1)C2=O.Cl.